The highest BCUT2D eigenvalue weighted by atomic mass is 35.5. The molecule has 0 aliphatic carbocycles. The zero-order valence-electron chi connectivity index (χ0n) is 14.3. The first-order valence-electron chi connectivity index (χ1n) is 8.21. The fraction of sp³-hybridized carbons (Fsp3) is 0.316. The Kier molecular flexibility index (Phi) is 5.47. The largest absolute Gasteiger partial charge is 0.468 e. The topological polar surface area (TPSA) is 27.1 Å². The maximum absolute atomic E-state index is 6.43. The van der Waals surface area contributed by atoms with Crippen molar-refractivity contribution < 1.29 is 4.74 Å². The third kappa shape index (κ3) is 3.21. The van der Waals surface area contributed by atoms with Crippen LogP contribution in [0.5, 0.6) is 6.01 Å². The molecule has 0 aliphatic heterocycles. The summed E-state index contributed by atoms with van der Waals surface area (Å²) in [6.07, 6.45) is 1.99. The smallest absolute Gasteiger partial charge is 0.297 e. The van der Waals surface area contributed by atoms with Gasteiger partial charge in [-0.3, -0.25) is 4.57 Å². The number of nitrogens with zero attached hydrogens (tertiary/aromatic N) is 2. The number of benzene rings is 2. The van der Waals surface area contributed by atoms with E-state index in [-0.39, 0.29) is 0 Å². The summed E-state index contributed by atoms with van der Waals surface area (Å²) >= 11 is 18.7. The number of fused-ring (bicyclic) bond motifs is 1. The molecule has 0 spiro atoms. The summed E-state index contributed by atoms with van der Waals surface area (Å²) in [6, 6.07) is 10.4. The van der Waals surface area contributed by atoms with Crippen LogP contribution < -0.4 is 4.74 Å². The highest BCUT2D eigenvalue weighted by Gasteiger charge is 2.20. The molecule has 2 aromatic carbocycles. The molecule has 6 heteroatoms. The van der Waals surface area contributed by atoms with Crippen molar-refractivity contribution in [1.82, 2.24) is 9.55 Å². The van der Waals surface area contributed by atoms with Crippen LogP contribution >= 0.6 is 34.8 Å². The molecule has 0 bridgehead atoms. The van der Waals surface area contributed by atoms with Gasteiger partial charge in [-0.05, 0) is 31.0 Å². The van der Waals surface area contributed by atoms with Gasteiger partial charge in [-0.15, -0.1) is 0 Å². The van der Waals surface area contributed by atoms with Crippen LogP contribution in [0, 0.1) is 0 Å². The maximum atomic E-state index is 6.43. The summed E-state index contributed by atoms with van der Waals surface area (Å²) in [4.78, 5) is 4.72. The Morgan fingerprint density at radius 1 is 1.00 bits per heavy atom. The van der Waals surface area contributed by atoms with E-state index in [2.05, 4.69) is 24.5 Å². The first kappa shape index (κ1) is 18.4. The van der Waals surface area contributed by atoms with E-state index in [1.165, 1.54) is 0 Å². The molecular weight excluding hydrogens is 379 g/mol. The molecule has 0 unspecified atom stereocenters. The van der Waals surface area contributed by atoms with E-state index in [0.29, 0.717) is 27.1 Å². The number of imidazole rings is 1. The Morgan fingerprint density at radius 2 is 1.68 bits per heavy atom. The minimum atomic E-state index is 0.319. The molecule has 0 fully saturated rings. The number of rotatable bonds is 5. The van der Waals surface area contributed by atoms with Crippen molar-refractivity contribution in [2.24, 2.45) is 0 Å². The number of aromatic nitrogens is 2. The fourth-order valence-corrected chi connectivity index (χ4v) is 3.84. The van der Waals surface area contributed by atoms with E-state index in [1.54, 1.807) is 19.2 Å². The standard InChI is InChI=1S/C19H19Cl3N2O/c1-4-11(5-2)24-17-8-6-7-12(18(17)23-19(24)25-3)13-9-15(21)16(22)10-14(13)20/h6-11H,4-5H2,1-3H3. The predicted molar refractivity (Wildman–Crippen MR) is 106 cm³/mol. The highest BCUT2D eigenvalue weighted by Crippen LogP contribution is 2.40. The summed E-state index contributed by atoms with van der Waals surface area (Å²) in [5, 5.41) is 1.44. The van der Waals surface area contributed by atoms with Gasteiger partial charge in [0.25, 0.3) is 6.01 Å². The van der Waals surface area contributed by atoms with Gasteiger partial charge >= 0.3 is 0 Å². The molecule has 3 aromatic rings. The van der Waals surface area contributed by atoms with Gasteiger partial charge in [0, 0.05) is 17.2 Å². The molecule has 25 heavy (non-hydrogen) atoms. The van der Waals surface area contributed by atoms with Gasteiger partial charge in [0.2, 0.25) is 0 Å². The summed E-state index contributed by atoms with van der Waals surface area (Å²) in [5.41, 5.74) is 3.57. The van der Waals surface area contributed by atoms with E-state index < -0.39 is 0 Å². The molecule has 0 amide bonds. The van der Waals surface area contributed by atoms with Gasteiger partial charge in [0.15, 0.2) is 0 Å². The average molecular weight is 398 g/mol. The number of halogens is 3. The Bertz CT molecular complexity index is 917. The van der Waals surface area contributed by atoms with Crippen molar-refractivity contribution in [2.75, 3.05) is 7.11 Å². The average Bonchev–Trinajstić information content (AvgIpc) is 2.98. The van der Waals surface area contributed by atoms with Gasteiger partial charge in [-0.2, -0.15) is 4.98 Å². The molecule has 0 saturated carbocycles. The normalized spacial score (nSPS) is 11.5. The lowest BCUT2D eigenvalue weighted by molar-refractivity contribution is 0.333. The van der Waals surface area contributed by atoms with E-state index in [1.807, 2.05) is 12.1 Å². The van der Waals surface area contributed by atoms with E-state index in [4.69, 9.17) is 44.5 Å². The molecule has 0 saturated heterocycles. The number of para-hydroxylation sites is 1. The van der Waals surface area contributed by atoms with Gasteiger partial charge < -0.3 is 4.74 Å². The zero-order chi connectivity index (χ0) is 18.1. The van der Waals surface area contributed by atoms with Crippen molar-refractivity contribution in [3.8, 4) is 17.1 Å². The van der Waals surface area contributed by atoms with Crippen LogP contribution in [0.4, 0.5) is 0 Å². The Labute approximate surface area is 162 Å². The quantitative estimate of drug-likeness (QED) is 0.432. The SMILES string of the molecule is CCC(CC)n1c(OC)nc2c(-c3cc(Cl)c(Cl)cc3Cl)cccc21. The summed E-state index contributed by atoms with van der Waals surface area (Å²) in [7, 11) is 1.64. The molecule has 1 aromatic heterocycles. The minimum absolute atomic E-state index is 0.319. The van der Waals surface area contributed by atoms with E-state index in [9.17, 15) is 0 Å². The lowest BCUT2D eigenvalue weighted by Crippen LogP contribution is -2.08. The first-order valence-corrected chi connectivity index (χ1v) is 9.35. The predicted octanol–water partition coefficient (Wildman–Crippen LogP) is 7.03. The van der Waals surface area contributed by atoms with Crippen LogP contribution in [0.3, 0.4) is 0 Å². The molecule has 132 valence electrons. The van der Waals surface area contributed by atoms with Crippen molar-refractivity contribution in [3.63, 3.8) is 0 Å². The monoisotopic (exact) mass is 396 g/mol. The number of ether oxygens (including phenoxy) is 1. The molecule has 3 nitrogen and oxygen atoms in total. The lowest BCUT2D eigenvalue weighted by Gasteiger charge is -2.17. The van der Waals surface area contributed by atoms with Crippen LogP contribution in [0.1, 0.15) is 32.7 Å². The molecule has 1 heterocycles. The van der Waals surface area contributed by atoms with Crippen LogP contribution in [0.2, 0.25) is 15.1 Å². The number of methoxy groups -OCH3 is 1. The second-order valence-electron chi connectivity index (χ2n) is 5.86. The molecule has 0 aliphatic rings. The van der Waals surface area contributed by atoms with Crippen LogP contribution in [-0.2, 0) is 0 Å². The Morgan fingerprint density at radius 3 is 2.32 bits per heavy atom. The lowest BCUT2D eigenvalue weighted by atomic mass is 10.0. The van der Waals surface area contributed by atoms with Crippen molar-refractivity contribution in [2.45, 2.75) is 32.7 Å². The summed E-state index contributed by atoms with van der Waals surface area (Å²) < 4.78 is 7.71. The molecule has 3 rings (SSSR count). The van der Waals surface area contributed by atoms with Gasteiger partial charge in [-0.1, -0.05) is 60.8 Å². The fourth-order valence-electron chi connectivity index (χ4n) is 3.19. The molecule has 0 N–H and O–H groups in total. The third-order valence-electron chi connectivity index (χ3n) is 4.48. The summed E-state index contributed by atoms with van der Waals surface area (Å²) in [6.45, 7) is 4.33. The van der Waals surface area contributed by atoms with Gasteiger partial charge in [-0.25, -0.2) is 0 Å². The van der Waals surface area contributed by atoms with Gasteiger partial charge in [0.05, 0.1) is 27.7 Å². The number of hydrogen-bond acceptors (Lipinski definition) is 2. The molecule has 0 radical (unpaired) electrons. The summed E-state index contributed by atoms with van der Waals surface area (Å²) in [5.74, 6) is 0. The van der Waals surface area contributed by atoms with Crippen LogP contribution in [0.15, 0.2) is 30.3 Å². The zero-order valence-corrected chi connectivity index (χ0v) is 16.6. The van der Waals surface area contributed by atoms with Crippen molar-refractivity contribution in [1.29, 1.82) is 0 Å². The Balaban J connectivity index is 2.31. The molecule has 0 atom stereocenters. The second kappa shape index (κ2) is 7.45. The van der Waals surface area contributed by atoms with Crippen molar-refractivity contribution in [3.05, 3.63) is 45.4 Å². The van der Waals surface area contributed by atoms with E-state index >= 15 is 0 Å². The minimum Gasteiger partial charge on any atom is -0.468 e. The highest BCUT2D eigenvalue weighted by molar-refractivity contribution is 6.44. The van der Waals surface area contributed by atoms with E-state index in [0.717, 1.165) is 35.0 Å². The first-order chi connectivity index (χ1) is 12.0. The Hall–Kier alpha value is -1.42. The van der Waals surface area contributed by atoms with Crippen molar-refractivity contribution >= 4 is 45.8 Å². The van der Waals surface area contributed by atoms with Gasteiger partial charge in [0.1, 0.15) is 5.52 Å². The number of hydrogen-bond donors (Lipinski definition) is 0. The maximum Gasteiger partial charge on any atom is 0.297 e. The molecular formula is C19H19Cl3N2O. The third-order valence-corrected chi connectivity index (χ3v) is 5.51. The van der Waals surface area contributed by atoms with Crippen LogP contribution in [-0.4, -0.2) is 16.7 Å². The van der Waals surface area contributed by atoms with Crippen LogP contribution in [0.25, 0.3) is 22.2 Å². The second-order valence-corrected chi connectivity index (χ2v) is 7.08.